The number of fused-ring (bicyclic) bond motifs is 3. The van der Waals surface area contributed by atoms with E-state index in [4.69, 9.17) is 28.1 Å². The zero-order valence-electron chi connectivity index (χ0n) is 21.9. The van der Waals surface area contributed by atoms with Crippen LogP contribution in [0, 0.1) is 0 Å². The highest BCUT2D eigenvalue weighted by molar-refractivity contribution is 6.03. The molecule has 1 aromatic heterocycles. The first-order valence-electron chi connectivity index (χ1n) is 12.3. The van der Waals surface area contributed by atoms with Crippen LogP contribution in [0.25, 0.3) is 11.0 Å². The Morgan fingerprint density at radius 1 is 1.07 bits per heavy atom. The van der Waals surface area contributed by atoms with Gasteiger partial charge in [0.1, 0.15) is 12.7 Å². The molecule has 212 valence electrons. The van der Waals surface area contributed by atoms with E-state index in [2.05, 4.69) is 0 Å². The second-order valence-electron chi connectivity index (χ2n) is 9.57. The Morgan fingerprint density at radius 3 is 2.35 bits per heavy atom. The summed E-state index contributed by atoms with van der Waals surface area (Å²) in [7, 11) is 2.09. The molecule has 1 aliphatic carbocycles. The summed E-state index contributed by atoms with van der Waals surface area (Å²) < 4.78 is 76.4. The Bertz CT molecular complexity index is 1480. The Kier molecular flexibility index (Phi) is 6.87. The summed E-state index contributed by atoms with van der Waals surface area (Å²) in [6, 6.07) is 6.44. The molecule has 12 heteroatoms. The van der Waals surface area contributed by atoms with Crippen LogP contribution in [0.15, 0.2) is 41.0 Å². The van der Waals surface area contributed by atoms with E-state index >= 15 is 0 Å². The largest absolute Gasteiger partial charge is 0.492 e. The summed E-state index contributed by atoms with van der Waals surface area (Å²) in [4.78, 5) is 37.4. The normalized spacial score (nSPS) is 23.0. The monoisotopic (exact) mass is 562 g/mol. The first-order chi connectivity index (χ1) is 19.0. The molecule has 9 nitrogen and oxygen atoms in total. The summed E-state index contributed by atoms with van der Waals surface area (Å²) in [5.41, 5.74) is -2.77. The lowest BCUT2D eigenvalue weighted by Gasteiger charge is -2.35. The minimum atomic E-state index is -5.19. The third kappa shape index (κ3) is 4.05. The molecule has 1 fully saturated rings. The van der Waals surface area contributed by atoms with Gasteiger partial charge in [-0.05, 0) is 5.56 Å². The number of aldehydes is 1. The second-order valence-corrected chi connectivity index (χ2v) is 9.57. The Labute approximate surface area is 226 Å². The summed E-state index contributed by atoms with van der Waals surface area (Å²) in [6.45, 7) is 2.82. The Morgan fingerprint density at radius 2 is 1.77 bits per heavy atom. The van der Waals surface area contributed by atoms with Gasteiger partial charge in [0.05, 0.1) is 19.5 Å². The number of benzene rings is 2. The average Bonchev–Trinajstić information content (AvgIpc) is 3.62. The van der Waals surface area contributed by atoms with E-state index < -0.39 is 53.5 Å². The second kappa shape index (κ2) is 9.93. The highest BCUT2D eigenvalue weighted by Crippen LogP contribution is 2.57. The van der Waals surface area contributed by atoms with E-state index in [0.29, 0.717) is 22.8 Å². The molecule has 40 heavy (non-hydrogen) atoms. The van der Waals surface area contributed by atoms with E-state index in [0.717, 1.165) is 19.2 Å². The van der Waals surface area contributed by atoms with Gasteiger partial charge in [-0.2, -0.15) is 13.2 Å². The predicted molar refractivity (Wildman–Crippen MR) is 131 cm³/mol. The fourth-order valence-corrected chi connectivity index (χ4v) is 5.59. The van der Waals surface area contributed by atoms with Gasteiger partial charge in [-0.25, -0.2) is 4.79 Å². The third-order valence-electron chi connectivity index (χ3n) is 7.42. The lowest BCUT2D eigenvalue weighted by atomic mass is 9.77. The number of alkyl halides is 3. The standard InChI is InChI=1S/C28H25F3O9/c1-13-18-17(10-32)19-15(11-37-14(2)33)12-38-23(19)22(35-3)20(18)24(25-21(13)39-25)40-26(34)27(36-4,28(29,30)31)16-8-6-5-7-9-16/h5-10,12-13,21,24-25H,11H2,1-4H3/t13-,21+,24+,25+,27+/m1/s1. The van der Waals surface area contributed by atoms with Crippen molar-refractivity contribution in [2.75, 3.05) is 14.2 Å². The van der Waals surface area contributed by atoms with Crippen molar-refractivity contribution in [1.29, 1.82) is 0 Å². The minimum absolute atomic E-state index is 0.0537. The molecule has 2 aromatic carbocycles. The number of halogens is 3. The number of carbonyl (C=O) groups excluding carboxylic acids is 3. The summed E-state index contributed by atoms with van der Waals surface area (Å²) in [5.74, 6) is -2.63. The van der Waals surface area contributed by atoms with Crippen molar-refractivity contribution < 1.29 is 55.7 Å². The van der Waals surface area contributed by atoms with Gasteiger partial charge in [0.2, 0.25) is 0 Å². The van der Waals surface area contributed by atoms with Crippen LogP contribution in [0.2, 0.25) is 0 Å². The van der Waals surface area contributed by atoms with E-state index in [1.807, 2.05) is 0 Å². The third-order valence-corrected chi connectivity index (χ3v) is 7.42. The van der Waals surface area contributed by atoms with Crippen molar-refractivity contribution >= 4 is 29.2 Å². The molecule has 1 saturated heterocycles. The van der Waals surface area contributed by atoms with Gasteiger partial charge in [0.25, 0.3) is 5.60 Å². The molecule has 0 unspecified atom stereocenters. The molecule has 0 saturated carbocycles. The van der Waals surface area contributed by atoms with Crippen molar-refractivity contribution in [3.8, 4) is 5.75 Å². The topological polar surface area (TPSA) is 114 Å². The maximum absolute atomic E-state index is 14.6. The van der Waals surface area contributed by atoms with Gasteiger partial charge in [-0.15, -0.1) is 0 Å². The molecular weight excluding hydrogens is 537 g/mol. The molecule has 2 aliphatic rings. The molecule has 0 N–H and O–H groups in total. The SMILES string of the molecule is COc1c2c(c(C=O)c3c(COC(C)=O)coc13)[C@@H](C)[C@@H]1O[C@@H]1[C@H]2OC(=O)[C@@](OC)(c1ccccc1)C(F)(F)F. The lowest BCUT2D eigenvalue weighted by molar-refractivity contribution is -0.278. The van der Waals surface area contributed by atoms with Gasteiger partial charge < -0.3 is 28.1 Å². The number of esters is 2. The highest BCUT2D eigenvalue weighted by Gasteiger charge is 2.66. The minimum Gasteiger partial charge on any atom is -0.492 e. The first-order valence-corrected chi connectivity index (χ1v) is 12.3. The first kappa shape index (κ1) is 27.7. The number of furan rings is 1. The number of carbonyl (C=O) groups is 3. The lowest BCUT2D eigenvalue weighted by Crippen LogP contribution is -2.52. The Hall–Kier alpha value is -3.90. The highest BCUT2D eigenvalue weighted by atomic mass is 19.4. The number of methoxy groups -OCH3 is 2. The Balaban J connectivity index is 1.68. The van der Waals surface area contributed by atoms with Gasteiger partial charge in [-0.1, -0.05) is 37.3 Å². The van der Waals surface area contributed by atoms with E-state index in [1.54, 1.807) is 6.92 Å². The van der Waals surface area contributed by atoms with Crippen LogP contribution < -0.4 is 4.74 Å². The van der Waals surface area contributed by atoms with Gasteiger partial charge in [-0.3, -0.25) is 9.59 Å². The van der Waals surface area contributed by atoms with Crippen LogP contribution in [0.5, 0.6) is 5.75 Å². The molecule has 0 radical (unpaired) electrons. The predicted octanol–water partition coefficient (Wildman–Crippen LogP) is 4.89. The molecular formula is C28H25F3O9. The zero-order valence-corrected chi connectivity index (χ0v) is 21.9. The molecule has 2 heterocycles. The smallest absolute Gasteiger partial charge is 0.432 e. The van der Waals surface area contributed by atoms with Crippen LogP contribution in [-0.4, -0.2) is 50.8 Å². The number of rotatable bonds is 8. The van der Waals surface area contributed by atoms with Crippen LogP contribution >= 0.6 is 0 Å². The zero-order chi connectivity index (χ0) is 29.0. The van der Waals surface area contributed by atoms with Gasteiger partial charge >= 0.3 is 18.1 Å². The number of hydrogen-bond donors (Lipinski definition) is 0. The summed E-state index contributed by atoms with van der Waals surface area (Å²) in [5, 5.41) is 0.314. The molecule has 5 rings (SSSR count). The molecule has 0 amide bonds. The number of ether oxygens (including phenoxy) is 5. The van der Waals surface area contributed by atoms with Crippen LogP contribution in [-0.2, 0) is 40.7 Å². The maximum Gasteiger partial charge on any atom is 0.432 e. The number of hydrogen-bond acceptors (Lipinski definition) is 9. The van der Waals surface area contributed by atoms with Crippen LogP contribution in [0.3, 0.4) is 0 Å². The van der Waals surface area contributed by atoms with Crippen molar-refractivity contribution in [3.05, 3.63) is 64.4 Å². The van der Waals surface area contributed by atoms with Gasteiger partial charge in [0, 0.05) is 47.6 Å². The molecule has 0 spiro atoms. The van der Waals surface area contributed by atoms with Crippen LogP contribution in [0.1, 0.15) is 58.5 Å². The average molecular weight is 562 g/mol. The van der Waals surface area contributed by atoms with Gasteiger partial charge in [0.15, 0.2) is 23.7 Å². The molecule has 1 aliphatic heterocycles. The van der Waals surface area contributed by atoms with E-state index in [1.165, 1.54) is 38.5 Å². The molecule has 0 bridgehead atoms. The summed E-state index contributed by atoms with van der Waals surface area (Å²) in [6.07, 6.45) is -6.05. The van der Waals surface area contributed by atoms with E-state index in [9.17, 15) is 27.6 Å². The van der Waals surface area contributed by atoms with Crippen LogP contribution in [0.4, 0.5) is 13.2 Å². The number of epoxide rings is 1. The van der Waals surface area contributed by atoms with Crippen molar-refractivity contribution in [2.24, 2.45) is 0 Å². The fraction of sp³-hybridized carbons (Fsp3) is 0.393. The molecule has 3 aromatic rings. The maximum atomic E-state index is 14.6. The van der Waals surface area contributed by atoms with Crippen molar-refractivity contribution in [1.82, 2.24) is 0 Å². The van der Waals surface area contributed by atoms with Crippen molar-refractivity contribution in [3.63, 3.8) is 0 Å². The quantitative estimate of drug-likeness (QED) is 0.215. The van der Waals surface area contributed by atoms with E-state index in [-0.39, 0.29) is 29.1 Å². The molecule has 5 atom stereocenters. The van der Waals surface area contributed by atoms with Crippen molar-refractivity contribution in [2.45, 2.75) is 56.5 Å². The summed E-state index contributed by atoms with van der Waals surface area (Å²) >= 11 is 0. The fourth-order valence-electron chi connectivity index (χ4n) is 5.59.